The average molecular weight is 278 g/mol. The van der Waals surface area contributed by atoms with E-state index in [2.05, 4.69) is 29.0 Å². The van der Waals surface area contributed by atoms with E-state index < -0.39 is 0 Å². The highest BCUT2D eigenvalue weighted by Crippen LogP contribution is 2.28. The van der Waals surface area contributed by atoms with Crippen molar-refractivity contribution in [3.05, 3.63) is 29.8 Å². The molecular formula is C15H22N2OS. The minimum atomic E-state index is -0.0278. The van der Waals surface area contributed by atoms with Crippen LogP contribution in [0.3, 0.4) is 0 Å². The van der Waals surface area contributed by atoms with Crippen molar-refractivity contribution in [1.82, 2.24) is 5.32 Å². The molecule has 2 atom stereocenters. The maximum absolute atomic E-state index is 10.9. The second-order valence-electron chi connectivity index (χ2n) is 5.13. The first-order valence-corrected chi connectivity index (χ1v) is 8.09. The molecule has 1 amide bonds. The van der Waals surface area contributed by atoms with E-state index >= 15 is 0 Å². The van der Waals surface area contributed by atoms with Gasteiger partial charge in [0.05, 0.1) is 0 Å². The maximum Gasteiger partial charge on any atom is 0.221 e. The Hall–Kier alpha value is -1.00. The molecule has 1 aliphatic rings. The zero-order valence-corrected chi connectivity index (χ0v) is 12.4. The highest BCUT2D eigenvalue weighted by Gasteiger charge is 2.23. The molecule has 1 aromatic rings. The molecule has 1 aromatic carbocycles. The molecule has 1 saturated carbocycles. The molecule has 2 N–H and O–H groups in total. The van der Waals surface area contributed by atoms with E-state index in [-0.39, 0.29) is 5.91 Å². The van der Waals surface area contributed by atoms with Crippen molar-refractivity contribution in [2.45, 2.75) is 44.0 Å². The number of carbonyl (C=O) groups is 1. The highest BCUT2D eigenvalue weighted by atomic mass is 32.2. The van der Waals surface area contributed by atoms with Crippen molar-refractivity contribution >= 4 is 23.4 Å². The van der Waals surface area contributed by atoms with Gasteiger partial charge in [-0.15, -0.1) is 0 Å². The zero-order valence-electron chi connectivity index (χ0n) is 11.6. The summed E-state index contributed by atoms with van der Waals surface area (Å²) in [6, 6.07) is 8.71. The van der Waals surface area contributed by atoms with Gasteiger partial charge in [0.2, 0.25) is 5.91 Å². The summed E-state index contributed by atoms with van der Waals surface area (Å²) in [6.45, 7) is 2.43. The van der Waals surface area contributed by atoms with Gasteiger partial charge < -0.3 is 10.6 Å². The molecule has 0 heterocycles. The minimum absolute atomic E-state index is 0.0278. The van der Waals surface area contributed by atoms with Crippen LogP contribution in [0.25, 0.3) is 0 Å². The smallest absolute Gasteiger partial charge is 0.221 e. The first-order chi connectivity index (χ1) is 9.17. The molecule has 0 spiro atoms. The SMILES string of the molecule is CSC1CCC(NCc2ccc(NC(C)=O)cc2)C1. The molecule has 3 nitrogen and oxygen atoms in total. The summed E-state index contributed by atoms with van der Waals surface area (Å²) in [4.78, 5) is 10.9. The monoisotopic (exact) mass is 278 g/mol. The largest absolute Gasteiger partial charge is 0.326 e. The summed E-state index contributed by atoms with van der Waals surface area (Å²) in [6.07, 6.45) is 6.11. The molecule has 2 rings (SSSR count). The average Bonchev–Trinajstić information content (AvgIpc) is 2.85. The molecule has 0 radical (unpaired) electrons. The van der Waals surface area contributed by atoms with Gasteiger partial charge in [0.15, 0.2) is 0 Å². The fourth-order valence-electron chi connectivity index (χ4n) is 2.51. The molecule has 0 aliphatic heterocycles. The molecule has 0 saturated heterocycles. The molecule has 19 heavy (non-hydrogen) atoms. The van der Waals surface area contributed by atoms with Gasteiger partial charge in [-0.3, -0.25) is 4.79 Å². The molecular weight excluding hydrogens is 256 g/mol. The molecule has 104 valence electrons. The van der Waals surface area contributed by atoms with Crippen LogP contribution in [0.2, 0.25) is 0 Å². The van der Waals surface area contributed by atoms with E-state index in [9.17, 15) is 4.79 Å². The predicted octanol–water partition coefficient (Wildman–Crippen LogP) is 3.02. The van der Waals surface area contributed by atoms with Crippen LogP contribution in [-0.2, 0) is 11.3 Å². The summed E-state index contributed by atoms with van der Waals surface area (Å²) in [5.41, 5.74) is 2.13. The predicted molar refractivity (Wildman–Crippen MR) is 82.5 cm³/mol. The van der Waals surface area contributed by atoms with E-state index in [0.717, 1.165) is 17.5 Å². The first kappa shape index (κ1) is 14.4. The van der Waals surface area contributed by atoms with Crippen molar-refractivity contribution in [1.29, 1.82) is 0 Å². The maximum atomic E-state index is 10.9. The normalized spacial score (nSPS) is 22.4. The van der Waals surface area contributed by atoms with Crippen molar-refractivity contribution in [3.8, 4) is 0 Å². The lowest BCUT2D eigenvalue weighted by atomic mass is 10.2. The molecule has 2 unspecified atom stereocenters. The van der Waals surface area contributed by atoms with Crippen LogP contribution >= 0.6 is 11.8 Å². The van der Waals surface area contributed by atoms with Crippen molar-refractivity contribution in [2.75, 3.05) is 11.6 Å². The van der Waals surface area contributed by atoms with Gasteiger partial charge >= 0.3 is 0 Å². The van der Waals surface area contributed by atoms with E-state index in [0.29, 0.717) is 6.04 Å². The summed E-state index contributed by atoms with van der Waals surface area (Å²) < 4.78 is 0. The molecule has 1 aliphatic carbocycles. The van der Waals surface area contributed by atoms with Crippen LogP contribution in [0, 0.1) is 0 Å². The number of hydrogen-bond acceptors (Lipinski definition) is 3. The summed E-state index contributed by atoms with van der Waals surface area (Å²) in [7, 11) is 0. The molecule has 0 aromatic heterocycles. The second-order valence-corrected chi connectivity index (χ2v) is 6.26. The Morgan fingerprint density at radius 3 is 2.63 bits per heavy atom. The number of thioether (sulfide) groups is 1. The lowest BCUT2D eigenvalue weighted by Crippen LogP contribution is -2.26. The van der Waals surface area contributed by atoms with Crippen LogP contribution in [0.15, 0.2) is 24.3 Å². The Balaban J connectivity index is 1.78. The van der Waals surface area contributed by atoms with Gasteiger partial charge in [-0.2, -0.15) is 11.8 Å². The van der Waals surface area contributed by atoms with Crippen LogP contribution in [0.1, 0.15) is 31.7 Å². The fourth-order valence-corrected chi connectivity index (χ4v) is 3.31. The van der Waals surface area contributed by atoms with Crippen molar-refractivity contribution in [2.24, 2.45) is 0 Å². The number of carbonyl (C=O) groups excluding carboxylic acids is 1. The topological polar surface area (TPSA) is 41.1 Å². The third-order valence-electron chi connectivity index (χ3n) is 3.59. The van der Waals surface area contributed by atoms with Crippen molar-refractivity contribution in [3.63, 3.8) is 0 Å². The Morgan fingerprint density at radius 2 is 2.05 bits per heavy atom. The van der Waals surface area contributed by atoms with Crippen LogP contribution < -0.4 is 10.6 Å². The number of benzene rings is 1. The fraction of sp³-hybridized carbons (Fsp3) is 0.533. The van der Waals surface area contributed by atoms with Crippen LogP contribution in [-0.4, -0.2) is 23.5 Å². The van der Waals surface area contributed by atoms with Gasteiger partial charge in [0.1, 0.15) is 0 Å². The number of hydrogen-bond donors (Lipinski definition) is 2. The quantitative estimate of drug-likeness (QED) is 0.870. The lowest BCUT2D eigenvalue weighted by molar-refractivity contribution is -0.114. The molecule has 1 fully saturated rings. The van der Waals surface area contributed by atoms with Crippen LogP contribution in [0.5, 0.6) is 0 Å². The third kappa shape index (κ3) is 4.55. The number of amides is 1. The second kappa shape index (κ2) is 6.96. The van der Waals surface area contributed by atoms with E-state index in [4.69, 9.17) is 0 Å². The Labute approximate surface area is 119 Å². The highest BCUT2D eigenvalue weighted by molar-refractivity contribution is 7.99. The van der Waals surface area contributed by atoms with E-state index in [1.54, 1.807) is 0 Å². The summed E-state index contributed by atoms with van der Waals surface area (Å²) in [5, 5.41) is 7.24. The lowest BCUT2D eigenvalue weighted by Gasteiger charge is -2.13. The number of anilines is 1. The van der Waals surface area contributed by atoms with E-state index in [1.165, 1.54) is 31.7 Å². The molecule has 0 bridgehead atoms. The van der Waals surface area contributed by atoms with Gasteiger partial charge in [-0.1, -0.05) is 12.1 Å². The Bertz CT molecular complexity index is 419. The number of rotatable bonds is 5. The minimum Gasteiger partial charge on any atom is -0.326 e. The van der Waals surface area contributed by atoms with Crippen molar-refractivity contribution < 1.29 is 4.79 Å². The van der Waals surface area contributed by atoms with Gasteiger partial charge in [-0.25, -0.2) is 0 Å². The standard InChI is InChI=1S/C15H22N2OS/c1-11(18)17-13-5-3-12(4-6-13)10-16-14-7-8-15(9-14)19-2/h3-6,14-16H,7-10H2,1-2H3,(H,17,18). The summed E-state index contributed by atoms with van der Waals surface area (Å²) >= 11 is 1.99. The first-order valence-electron chi connectivity index (χ1n) is 6.80. The Kier molecular flexibility index (Phi) is 5.28. The van der Waals surface area contributed by atoms with Gasteiger partial charge in [0.25, 0.3) is 0 Å². The van der Waals surface area contributed by atoms with Gasteiger partial charge in [0, 0.05) is 30.4 Å². The summed E-state index contributed by atoms with van der Waals surface area (Å²) in [5.74, 6) is -0.0278. The number of nitrogens with one attached hydrogen (secondary N) is 2. The third-order valence-corrected chi connectivity index (χ3v) is 4.68. The molecule has 4 heteroatoms. The van der Waals surface area contributed by atoms with E-state index in [1.807, 2.05) is 23.9 Å². The zero-order chi connectivity index (χ0) is 13.7. The van der Waals surface area contributed by atoms with Crippen LogP contribution in [0.4, 0.5) is 5.69 Å². The van der Waals surface area contributed by atoms with Gasteiger partial charge in [-0.05, 0) is 43.2 Å². The Morgan fingerprint density at radius 1 is 1.32 bits per heavy atom.